The summed E-state index contributed by atoms with van der Waals surface area (Å²) in [6, 6.07) is 7.91. The number of nitrogen functional groups attached to an aromatic ring is 1. The normalized spacial score (nSPS) is 17.1. The highest BCUT2D eigenvalue weighted by molar-refractivity contribution is 5.74. The number of primary amides is 1. The molecule has 1 fully saturated rings. The number of para-hydroxylation sites is 2. The molecular formula is C13H19N3O. The molecule has 0 aliphatic carbocycles. The largest absolute Gasteiger partial charge is 0.397 e. The van der Waals surface area contributed by atoms with Crippen molar-refractivity contribution in [1.29, 1.82) is 0 Å². The number of hydrogen-bond acceptors (Lipinski definition) is 3. The minimum Gasteiger partial charge on any atom is -0.397 e. The molecule has 0 spiro atoms. The molecule has 2 rings (SSSR count). The molecule has 0 atom stereocenters. The number of rotatable bonds is 3. The summed E-state index contributed by atoms with van der Waals surface area (Å²) in [5.41, 5.74) is 13.1. The van der Waals surface area contributed by atoms with Gasteiger partial charge < -0.3 is 16.4 Å². The molecule has 1 heterocycles. The van der Waals surface area contributed by atoms with Gasteiger partial charge in [0.15, 0.2) is 0 Å². The van der Waals surface area contributed by atoms with Crippen LogP contribution in [0.2, 0.25) is 0 Å². The zero-order chi connectivity index (χ0) is 12.3. The number of benzene rings is 1. The lowest BCUT2D eigenvalue weighted by molar-refractivity contribution is -0.119. The Morgan fingerprint density at radius 1 is 1.29 bits per heavy atom. The van der Waals surface area contributed by atoms with Crippen molar-refractivity contribution in [3.8, 4) is 0 Å². The van der Waals surface area contributed by atoms with Gasteiger partial charge in [0.25, 0.3) is 0 Å². The van der Waals surface area contributed by atoms with Gasteiger partial charge in [0, 0.05) is 19.5 Å². The van der Waals surface area contributed by atoms with Gasteiger partial charge in [0.05, 0.1) is 11.4 Å². The topological polar surface area (TPSA) is 72.4 Å². The van der Waals surface area contributed by atoms with Crippen LogP contribution in [-0.2, 0) is 4.79 Å². The van der Waals surface area contributed by atoms with E-state index in [4.69, 9.17) is 11.5 Å². The molecule has 1 aromatic rings. The molecule has 0 radical (unpaired) electrons. The molecule has 4 heteroatoms. The van der Waals surface area contributed by atoms with Crippen LogP contribution in [0.15, 0.2) is 24.3 Å². The van der Waals surface area contributed by atoms with Crippen molar-refractivity contribution in [2.45, 2.75) is 19.3 Å². The predicted molar refractivity (Wildman–Crippen MR) is 69.6 cm³/mol. The van der Waals surface area contributed by atoms with Crippen LogP contribution in [0.5, 0.6) is 0 Å². The van der Waals surface area contributed by atoms with Crippen molar-refractivity contribution in [2.75, 3.05) is 23.7 Å². The van der Waals surface area contributed by atoms with E-state index in [2.05, 4.69) is 4.90 Å². The van der Waals surface area contributed by atoms with Gasteiger partial charge in [-0.15, -0.1) is 0 Å². The van der Waals surface area contributed by atoms with Crippen LogP contribution in [0.3, 0.4) is 0 Å². The lowest BCUT2D eigenvalue weighted by atomic mass is 9.93. The van der Waals surface area contributed by atoms with Gasteiger partial charge in [-0.05, 0) is 30.9 Å². The average molecular weight is 233 g/mol. The predicted octanol–water partition coefficient (Wildman–Crippen LogP) is 1.36. The quantitative estimate of drug-likeness (QED) is 0.774. The molecule has 0 bridgehead atoms. The molecular weight excluding hydrogens is 214 g/mol. The van der Waals surface area contributed by atoms with E-state index in [0.717, 1.165) is 37.3 Å². The van der Waals surface area contributed by atoms with Crippen molar-refractivity contribution in [2.24, 2.45) is 11.7 Å². The first-order valence-electron chi connectivity index (χ1n) is 6.04. The summed E-state index contributed by atoms with van der Waals surface area (Å²) in [5, 5.41) is 0. The summed E-state index contributed by atoms with van der Waals surface area (Å²) in [6.07, 6.45) is 2.53. The second-order valence-corrected chi connectivity index (χ2v) is 4.66. The Balaban J connectivity index is 1.95. The maximum Gasteiger partial charge on any atom is 0.217 e. The van der Waals surface area contributed by atoms with Crippen LogP contribution >= 0.6 is 0 Å². The first-order chi connectivity index (χ1) is 8.16. The molecule has 4 nitrogen and oxygen atoms in total. The Morgan fingerprint density at radius 3 is 2.53 bits per heavy atom. The zero-order valence-corrected chi connectivity index (χ0v) is 9.93. The van der Waals surface area contributed by atoms with E-state index < -0.39 is 0 Å². The maximum absolute atomic E-state index is 10.9. The molecule has 1 saturated heterocycles. The first kappa shape index (κ1) is 11.8. The summed E-state index contributed by atoms with van der Waals surface area (Å²) >= 11 is 0. The van der Waals surface area contributed by atoms with E-state index >= 15 is 0 Å². The van der Waals surface area contributed by atoms with Gasteiger partial charge in [0.1, 0.15) is 0 Å². The Bertz CT molecular complexity index is 397. The van der Waals surface area contributed by atoms with Crippen LogP contribution in [0, 0.1) is 5.92 Å². The SMILES string of the molecule is NC(=O)CC1CCN(c2ccccc2N)CC1. The third-order valence-corrected chi connectivity index (χ3v) is 3.38. The number of nitrogens with zero attached hydrogens (tertiary/aromatic N) is 1. The summed E-state index contributed by atoms with van der Waals surface area (Å²) in [6.45, 7) is 1.90. The summed E-state index contributed by atoms with van der Waals surface area (Å²) < 4.78 is 0. The lowest BCUT2D eigenvalue weighted by Gasteiger charge is -2.33. The number of carbonyl (C=O) groups excluding carboxylic acids is 1. The van der Waals surface area contributed by atoms with E-state index in [1.807, 2.05) is 24.3 Å². The molecule has 1 amide bonds. The highest BCUT2D eigenvalue weighted by atomic mass is 16.1. The van der Waals surface area contributed by atoms with Gasteiger partial charge in [0.2, 0.25) is 5.91 Å². The van der Waals surface area contributed by atoms with E-state index in [-0.39, 0.29) is 5.91 Å². The number of piperidine rings is 1. The van der Waals surface area contributed by atoms with Gasteiger partial charge in [-0.1, -0.05) is 12.1 Å². The van der Waals surface area contributed by atoms with Crippen molar-refractivity contribution in [1.82, 2.24) is 0 Å². The van der Waals surface area contributed by atoms with E-state index in [1.54, 1.807) is 0 Å². The molecule has 1 aliphatic heterocycles. The highest BCUT2D eigenvalue weighted by Gasteiger charge is 2.21. The third-order valence-electron chi connectivity index (χ3n) is 3.38. The Kier molecular flexibility index (Phi) is 3.52. The Morgan fingerprint density at radius 2 is 1.94 bits per heavy atom. The second kappa shape index (κ2) is 5.08. The van der Waals surface area contributed by atoms with Gasteiger partial charge in [-0.2, -0.15) is 0 Å². The van der Waals surface area contributed by atoms with Crippen LogP contribution in [0.25, 0.3) is 0 Å². The Labute approximate surface area is 102 Å². The first-order valence-corrected chi connectivity index (χ1v) is 6.04. The number of anilines is 2. The molecule has 1 aliphatic rings. The van der Waals surface area contributed by atoms with E-state index in [9.17, 15) is 4.79 Å². The fraction of sp³-hybridized carbons (Fsp3) is 0.462. The molecule has 17 heavy (non-hydrogen) atoms. The van der Waals surface area contributed by atoms with E-state index in [1.165, 1.54) is 0 Å². The maximum atomic E-state index is 10.9. The number of nitrogens with two attached hydrogens (primary N) is 2. The molecule has 0 unspecified atom stereocenters. The molecule has 0 aromatic heterocycles. The summed E-state index contributed by atoms with van der Waals surface area (Å²) in [4.78, 5) is 13.1. The van der Waals surface area contributed by atoms with Crippen LogP contribution < -0.4 is 16.4 Å². The average Bonchev–Trinajstić information content (AvgIpc) is 2.30. The fourth-order valence-electron chi connectivity index (χ4n) is 2.44. The summed E-state index contributed by atoms with van der Waals surface area (Å²) in [5.74, 6) is 0.247. The Hall–Kier alpha value is -1.71. The fourth-order valence-corrected chi connectivity index (χ4v) is 2.44. The van der Waals surface area contributed by atoms with Gasteiger partial charge >= 0.3 is 0 Å². The lowest BCUT2D eigenvalue weighted by Crippen LogP contribution is -2.35. The van der Waals surface area contributed by atoms with Crippen LogP contribution in [0.4, 0.5) is 11.4 Å². The zero-order valence-electron chi connectivity index (χ0n) is 9.93. The highest BCUT2D eigenvalue weighted by Crippen LogP contribution is 2.28. The third kappa shape index (κ3) is 2.90. The summed E-state index contributed by atoms with van der Waals surface area (Å²) in [7, 11) is 0. The van der Waals surface area contributed by atoms with Crippen molar-refractivity contribution in [3.63, 3.8) is 0 Å². The second-order valence-electron chi connectivity index (χ2n) is 4.66. The molecule has 1 aromatic carbocycles. The van der Waals surface area contributed by atoms with Crippen LogP contribution in [-0.4, -0.2) is 19.0 Å². The minimum atomic E-state index is -0.192. The van der Waals surface area contributed by atoms with Crippen LogP contribution in [0.1, 0.15) is 19.3 Å². The number of carbonyl (C=O) groups is 1. The molecule has 92 valence electrons. The smallest absolute Gasteiger partial charge is 0.217 e. The van der Waals surface area contributed by atoms with Crippen molar-refractivity contribution >= 4 is 17.3 Å². The number of amides is 1. The van der Waals surface area contributed by atoms with Crippen molar-refractivity contribution < 1.29 is 4.79 Å². The number of hydrogen-bond donors (Lipinski definition) is 2. The van der Waals surface area contributed by atoms with E-state index in [0.29, 0.717) is 12.3 Å². The van der Waals surface area contributed by atoms with Crippen molar-refractivity contribution in [3.05, 3.63) is 24.3 Å². The monoisotopic (exact) mass is 233 g/mol. The van der Waals surface area contributed by atoms with Gasteiger partial charge in [-0.25, -0.2) is 0 Å². The molecule has 0 saturated carbocycles. The minimum absolute atomic E-state index is 0.192. The molecule has 4 N–H and O–H groups in total. The standard InChI is InChI=1S/C13H19N3O/c14-11-3-1-2-4-12(11)16-7-5-10(6-8-16)9-13(15)17/h1-4,10H,5-9,14H2,(H2,15,17). The van der Waals surface area contributed by atoms with Gasteiger partial charge in [-0.3, -0.25) is 4.79 Å².